The van der Waals surface area contributed by atoms with Crippen molar-refractivity contribution in [3.05, 3.63) is 218 Å². The molecule has 9 aromatic carbocycles. The number of para-hydroxylation sites is 3. The molecule has 2 aromatic heterocycles. The molecule has 0 bridgehead atoms. The lowest BCUT2D eigenvalue weighted by atomic mass is 9.96. The Bertz CT molecular complexity index is 3210. The molecule has 2 heteroatoms. The van der Waals surface area contributed by atoms with Gasteiger partial charge in [-0.3, -0.25) is 0 Å². The van der Waals surface area contributed by atoms with Crippen molar-refractivity contribution in [1.29, 1.82) is 0 Å². The summed E-state index contributed by atoms with van der Waals surface area (Å²) in [4.78, 5) is 0. The topological polar surface area (TPSA) is 9.86 Å². The fraction of sp³-hybridized carbons (Fsp3) is 0. The van der Waals surface area contributed by atoms with Crippen molar-refractivity contribution < 1.29 is 0 Å². The second-order valence-electron chi connectivity index (χ2n) is 14.6. The van der Waals surface area contributed by atoms with Crippen LogP contribution in [0.3, 0.4) is 0 Å². The van der Waals surface area contributed by atoms with Crippen molar-refractivity contribution in [2.75, 3.05) is 0 Å². The number of benzene rings is 9. The molecule has 2 heterocycles. The predicted molar refractivity (Wildman–Crippen MR) is 237 cm³/mol. The van der Waals surface area contributed by atoms with Crippen molar-refractivity contribution in [3.63, 3.8) is 0 Å². The molecule has 0 saturated carbocycles. The van der Waals surface area contributed by atoms with Gasteiger partial charge in [-0.25, -0.2) is 0 Å². The summed E-state index contributed by atoms with van der Waals surface area (Å²) in [6, 6.07) is 79.4. The van der Waals surface area contributed by atoms with Crippen LogP contribution in [0, 0.1) is 0 Å². The van der Waals surface area contributed by atoms with Gasteiger partial charge in [0.05, 0.1) is 22.1 Å². The zero-order chi connectivity index (χ0) is 37.0. The third kappa shape index (κ3) is 5.34. The minimum atomic E-state index is 1.16. The van der Waals surface area contributed by atoms with Gasteiger partial charge in [-0.15, -0.1) is 0 Å². The van der Waals surface area contributed by atoms with E-state index >= 15 is 0 Å². The van der Waals surface area contributed by atoms with Crippen LogP contribution in [0.5, 0.6) is 0 Å². The van der Waals surface area contributed by atoms with Gasteiger partial charge in [0.2, 0.25) is 0 Å². The molecule has 0 unspecified atom stereocenters. The fourth-order valence-corrected chi connectivity index (χ4v) is 8.61. The van der Waals surface area contributed by atoms with Crippen molar-refractivity contribution in [1.82, 2.24) is 9.13 Å². The van der Waals surface area contributed by atoms with Gasteiger partial charge in [-0.2, -0.15) is 0 Å². The zero-order valence-corrected chi connectivity index (χ0v) is 30.7. The summed E-state index contributed by atoms with van der Waals surface area (Å²) in [7, 11) is 0. The Labute approximate surface area is 325 Å². The van der Waals surface area contributed by atoms with Crippen LogP contribution in [0.1, 0.15) is 0 Å². The van der Waals surface area contributed by atoms with Crippen molar-refractivity contribution >= 4 is 43.6 Å². The van der Waals surface area contributed by atoms with E-state index in [1.165, 1.54) is 93.8 Å². The van der Waals surface area contributed by atoms with E-state index in [4.69, 9.17) is 0 Å². The molecule has 0 atom stereocenters. The largest absolute Gasteiger partial charge is 0.309 e. The smallest absolute Gasteiger partial charge is 0.0541 e. The first-order chi connectivity index (χ1) is 27.8. The Morgan fingerprint density at radius 2 is 0.518 bits per heavy atom. The molecule has 0 N–H and O–H groups in total. The lowest BCUT2D eigenvalue weighted by Gasteiger charge is -2.10. The van der Waals surface area contributed by atoms with Crippen LogP contribution in [-0.4, -0.2) is 9.13 Å². The minimum absolute atomic E-state index is 1.16. The van der Waals surface area contributed by atoms with Crippen LogP contribution in [0.15, 0.2) is 218 Å². The van der Waals surface area contributed by atoms with Gasteiger partial charge in [0.25, 0.3) is 0 Å². The van der Waals surface area contributed by atoms with Gasteiger partial charge < -0.3 is 9.13 Å². The normalized spacial score (nSPS) is 11.6. The summed E-state index contributed by atoms with van der Waals surface area (Å²) in [6.07, 6.45) is 0. The van der Waals surface area contributed by atoms with Crippen LogP contribution in [0.2, 0.25) is 0 Å². The summed E-state index contributed by atoms with van der Waals surface area (Å²) in [5, 5.41) is 4.99. The molecule has 0 aliphatic carbocycles. The maximum Gasteiger partial charge on any atom is 0.0541 e. The van der Waals surface area contributed by atoms with E-state index in [1.807, 2.05) is 0 Å². The average molecular weight is 713 g/mol. The molecule has 0 amide bonds. The van der Waals surface area contributed by atoms with E-state index in [9.17, 15) is 0 Å². The predicted octanol–water partition coefficient (Wildman–Crippen LogP) is 14.5. The molecule has 0 radical (unpaired) electrons. The van der Waals surface area contributed by atoms with E-state index in [0.29, 0.717) is 0 Å². The summed E-state index contributed by atoms with van der Waals surface area (Å²) >= 11 is 0. The first-order valence-electron chi connectivity index (χ1n) is 19.3. The molecular formula is C54H36N2. The zero-order valence-electron chi connectivity index (χ0n) is 30.7. The van der Waals surface area contributed by atoms with Crippen LogP contribution >= 0.6 is 0 Å². The maximum atomic E-state index is 2.40. The van der Waals surface area contributed by atoms with E-state index in [-0.39, 0.29) is 0 Å². The molecule has 0 fully saturated rings. The highest BCUT2D eigenvalue weighted by molar-refractivity contribution is 6.13. The summed E-state index contributed by atoms with van der Waals surface area (Å²) in [5.41, 5.74) is 16.8. The molecule has 56 heavy (non-hydrogen) atoms. The summed E-state index contributed by atoms with van der Waals surface area (Å²) in [5.74, 6) is 0. The molecular weight excluding hydrogens is 677 g/mol. The standard InChI is InChI=1S/C54H36N2/c1-4-13-37(14-5-1)38-23-25-39(26-24-38)40-15-12-16-41(33-40)42-27-31-53-49(35-42)50-36-44(29-32-54(50)56(53)46-19-8-3-9-20-46)43-28-30-52-48(34-43)47-21-10-11-22-51(47)55(52)45-17-6-2-7-18-45/h1-36H. The fourth-order valence-electron chi connectivity index (χ4n) is 8.61. The highest BCUT2D eigenvalue weighted by Gasteiger charge is 2.17. The van der Waals surface area contributed by atoms with Crippen molar-refractivity contribution in [2.45, 2.75) is 0 Å². The molecule has 262 valence electrons. The minimum Gasteiger partial charge on any atom is -0.309 e. The SMILES string of the molecule is c1ccc(-c2ccc(-c3cccc(-c4ccc5c(c4)c4cc(-c6ccc7c(c6)c6ccccc6n7-c6ccccc6)ccc4n5-c4ccccc4)c3)cc2)cc1. The molecule has 11 aromatic rings. The van der Waals surface area contributed by atoms with Crippen LogP contribution in [-0.2, 0) is 0 Å². The van der Waals surface area contributed by atoms with Gasteiger partial charge in [0, 0.05) is 32.9 Å². The van der Waals surface area contributed by atoms with E-state index in [0.717, 1.165) is 5.69 Å². The van der Waals surface area contributed by atoms with Gasteiger partial charge in [-0.05, 0) is 117 Å². The lowest BCUT2D eigenvalue weighted by molar-refractivity contribution is 1.18. The lowest BCUT2D eigenvalue weighted by Crippen LogP contribution is -1.93. The van der Waals surface area contributed by atoms with Gasteiger partial charge >= 0.3 is 0 Å². The Morgan fingerprint density at radius 3 is 1.04 bits per heavy atom. The highest BCUT2D eigenvalue weighted by Crippen LogP contribution is 2.40. The molecule has 2 nitrogen and oxygen atoms in total. The first kappa shape index (κ1) is 32.0. The average Bonchev–Trinajstić information content (AvgIpc) is 3.79. The molecule has 11 rings (SSSR count). The number of hydrogen-bond donors (Lipinski definition) is 0. The Balaban J connectivity index is 1.04. The summed E-state index contributed by atoms with van der Waals surface area (Å²) < 4.78 is 4.78. The highest BCUT2D eigenvalue weighted by atomic mass is 15.0. The third-order valence-electron chi connectivity index (χ3n) is 11.3. The van der Waals surface area contributed by atoms with Gasteiger partial charge in [0.15, 0.2) is 0 Å². The number of nitrogens with zero attached hydrogens (tertiary/aromatic N) is 2. The summed E-state index contributed by atoms with van der Waals surface area (Å²) in [6.45, 7) is 0. The Kier molecular flexibility index (Phi) is 7.53. The first-order valence-corrected chi connectivity index (χ1v) is 19.3. The number of aromatic nitrogens is 2. The van der Waals surface area contributed by atoms with Crippen LogP contribution < -0.4 is 0 Å². The second kappa shape index (κ2) is 13.2. The van der Waals surface area contributed by atoms with E-state index in [2.05, 4.69) is 228 Å². The number of fused-ring (bicyclic) bond motifs is 6. The van der Waals surface area contributed by atoms with Crippen LogP contribution in [0.25, 0.3) is 99.5 Å². The second-order valence-corrected chi connectivity index (χ2v) is 14.6. The third-order valence-corrected chi connectivity index (χ3v) is 11.3. The van der Waals surface area contributed by atoms with E-state index < -0.39 is 0 Å². The van der Waals surface area contributed by atoms with Crippen molar-refractivity contribution in [3.8, 4) is 55.9 Å². The quantitative estimate of drug-likeness (QED) is 0.162. The Hall–Kier alpha value is -7.42. The Morgan fingerprint density at radius 1 is 0.196 bits per heavy atom. The number of hydrogen-bond acceptors (Lipinski definition) is 0. The van der Waals surface area contributed by atoms with Gasteiger partial charge in [0.1, 0.15) is 0 Å². The number of rotatable bonds is 6. The van der Waals surface area contributed by atoms with Crippen molar-refractivity contribution in [2.24, 2.45) is 0 Å². The maximum absolute atomic E-state index is 2.40. The monoisotopic (exact) mass is 712 g/mol. The molecule has 0 aliphatic rings. The van der Waals surface area contributed by atoms with Gasteiger partial charge in [-0.1, -0.05) is 146 Å². The van der Waals surface area contributed by atoms with E-state index in [1.54, 1.807) is 0 Å². The molecule has 0 saturated heterocycles. The van der Waals surface area contributed by atoms with Crippen LogP contribution in [0.4, 0.5) is 0 Å². The molecule has 0 spiro atoms. The molecule has 0 aliphatic heterocycles.